The van der Waals surface area contributed by atoms with Gasteiger partial charge in [0.1, 0.15) is 12.1 Å². The van der Waals surface area contributed by atoms with E-state index in [-0.39, 0.29) is 24.0 Å². The van der Waals surface area contributed by atoms with Gasteiger partial charge in [-0.05, 0) is 64.0 Å². The molecule has 2 aliphatic rings. The van der Waals surface area contributed by atoms with E-state index in [0.29, 0.717) is 0 Å². The zero-order valence-corrected chi connectivity index (χ0v) is 18.9. The predicted molar refractivity (Wildman–Crippen MR) is 122 cm³/mol. The Morgan fingerprint density at radius 3 is 1.41 bits per heavy atom. The van der Waals surface area contributed by atoms with E-state index in [4.69, 9.17) is 9.47 Å². The van der Waals surface area contributed by atoms with Crippen molar-refractivity contribution in [3.8, 4) is 0 Å². The first-order chi connectivity index (χ1) is 15.5. The molecule has 0 bridgehead atoms. The van der Waals surface area contributed by atoms with Gasteiger partial charge in [0.15, 0.2) is 12.2 Å². The molecule has 2 fully saturated rings. The lowest BCUT2D eigenvalue weighted by atomic mass is 9.97. The summed E-state index contributed by atoms with van der Waals surface area (Å²) in [6.45, 7) is 1.75. The minimum Gasteiger partial charge on any atom is -0.452 e. The predicted octanol–water partition coefficient (Wildman–Crippen LogP) is 3.74. The number of likely N-dealkylation sites (tertiary alicyclic amines) is 2. The Morgan fingerprint density at radius 2 is 1.09 bits per heavy atom. The van der Waals surface area contributed by atoms with E-state index >= 15 is 0 Å². The van der Waals surface area contributed by atoms with E-state index < -0.39 is 12.2 Å². The van der Waals surface area contributed by atoms with Crippen LogP contribution in [0.1, 0.15) is 49.0 Å². The minimum absolute atomic E-state index is 0.269. The molecule has 0 N–H and O–H groups in total. The van der Waals surface area contributed by atoms with Gasteiger partial charge in [-0.15, -0.1) is 0 Å². The molecular formula is C26H32N2O4. The molecule has 0 aromatic heterocycles. The van der Waals surface area contributed by atoms with Crippen LogP contribution in [0.4, 0.5) is 0 Å². The van der Waals surface area contributed by atoms with Gasteiger partial charge in [0, 0.05) is 0 Å². The first-order valence-electron chi connectivity index (χ1n) is 11.5. The van der Waals surface area contributed by atoms with Crippen LogP contribution in [0.3, 0.4) is 0 Å². The van der Waals surface area contributed by atoms with Gasteiger partial charge < -0.3 is 9.47 Å². The maximum Gasteiger partial charge on any atom is 0.324 e. The molecule has 2 aromatic carbocycles. The average molecular weight is 437 g/mol. The van der Waals surface area contributed by atoms with E-state index in [1.54, 1.807) is 0 Å². The molecule has 170 valence electrons. The van der Waals surface area contributed by atoms with Crippen LogP contribution in [-0.4, -0.2) is 61.0 Å². The van der Waals surface area contributed by atoms with E-state index in [0.717, 1.165) is 49.9 Å². The summed E-state index contributed by atoms with van der Waals surface area (Å²) in [5, 5.41) is 0. The van der Waals surface area contributed by atoms with Crippen LogP contribution in [0.15, 0.2) is 60.7 Å². The Morgan fingerprint density at radius 1 is 0.719 bits per heavy atom. The highest BCUT2D eigenvalue weighted by Crippen LogP contribution is 2.37. The van der Waals surface area contributed by atoms with Crippen LogP contribution in [0.2, 0.25) is 0 Å². The topological polar surface area (TPSA) is 59.1 Å². The lowest BCUT2D eigenvalue weighted by Gasteiger charge is -2.31. The Hall–Kier alpha value is -2.70. The highest BCUT2D eigenvalue weighted by molar-refractivity contribution is 5.77. The van der Waals surface area contributed by atoms with Crippen molar-refractivity contribution in [3.63, 3.8) is 0 Å². The summed E-state index contributed by atoms with van der Waals surface area (Å²) < 4.78 is 12.3. The summed E-state index contributed by atoms with van der Waals surface area (Å²) in [7, 11) is 3.89. The molecule has 4 rings (SSSR count). The van der Waals surface area contributed by atoms with Crippen molar-refractivity contribution >= 4 is 11.9 Å². The monoisotopic (exact) mass is 436 g/mol. The Kier molecular flexibility index (Phi) is 7.22. The molecular weight excluding hydrogens is 404 g/mol. The van der Waals surface area contributed by atoms with E-state index in [9.17, 15) is 9.59 Å². The number of nitrogens with zero attached hydrogens (tertiary/aromatic N) is 2. The van der Waals surface area contributed by atoms with Crippen molar-refractivity contribution in [1.82, 2.24) is 9.80 Å². The molecule has 0 amide bonds. The number of carbonyl (C=O) groups is 2. The zero-order chi connectivity index (χ0) is 22.5. The van der Waals surface area contributed by atoms with Gasteiger partial charge in [-0.2, -0.15) is 0 Å². The molecule has 6 heteroatoms. The fraction of sp³-hybridized carbons (Fsp3) is 0.462. The fourth-order valence-corrected chi connectivity index (χ4v) is 4.72. The molecule has 32 heavy (non-hydrogen) atoms. The Balaban J connectivity index is 1.66. The largest absolute Gasteiger partial charge is 0.452 e. The maximum atomic E-state index is 13.2. The van der Waals surface area contributed by atoms with E-state index in [1.165, 1.54) is 0 Å². The normalized spacial score (nSPS) is 23.6. The molecule has 6 nitrogen and oxygen atoms in total. The molecule has 0 radical (unpaired) electrons. The molecule has 0 saturated carbocycles. The lowest BCUT2D eigenvalue weighted by molar-refractivity contribution is -0.175. The van der Waals surface area contributed by atoms with Crippen LogP contribution in [0, 0.1) is 0 Å². The van der Waals surface area contributed by atoms with Gasteiger partial charge in [-0.3, -0.25) is 19.4 Å². The number of hydrogen-bond donors (Lipinski definition) is 0. The van der Waals surface area contributed by atoms with Crippen LogP contribution in [-0.2, 0) is 19.1 Å². The van der Waals surface area contributed by atoms with Gasteiger partial charge in [0.25, 0.3) is 0 Å². The fourth-order valence-electron chi connectivity index (χ4n) is 4.72. The standard InChI is InChI=1S/C26H32N2O4/c1-27-17-9-15-21(27)25(29)31-23(19-11-5-3-6-12-19)24(20-13-7-4-8-14-20)32-26(30)22-16-10-18-28(22)2/h3-8,11-14,21-24H,9-10,15-18H2,1-2H3/t21-,22-,23-,24-/m0/s1. The van der Waals surface area contributed by atoms with Gasteiger partial charge in [0.2, 0.25) is 0 Å². The van der Waals surface area contributed by atoms with Gasteiger partial charge >= 0.3 is 11.9 Å². The SMILES string of the molecule is CN1CCC[C@H]1C(=O)O[C@@H](c1ccccc1)[C@@H](OC(=O)[C@@H]1CCCN1C)c1ccccc1. The molecule has 0 unspecified atom stereocenters. The molecule has 4 atom stereocenters. The molecule has 0 aliphatic carbocycles. The number of ether oxygens (including phenoxy) is 2. The second-order valence-corrected chi connectivity index (χ2v) is 8.81. The second kappa shape index (κ2) is 10.3. The second-order valence-electron chi connectivity index (χ2n) is 8.81. The summed E-state index contributed by atoms with van der Waals surface area (Å²) in [6, 6.07) is 18.6. The number of likely N-dealkylation sites (N-methyl/N-ethyl adjacent to an activating group) is 2. The quantitative estimate of drug-likeness (QED) is 0.617. The highest BCUT2D eigenvalue weighted by Gasteiger charge is 2.38. The van der Waals surface area contributed by atoms with Gasteiger partial charge in [-0.25, -0.2) is 0 Å². The first kappa shape index (κ1) is 22.5. The molecule has 2 saturated heterocycles. The van der Waals surface area contributed by atoms with Crippen molar-refractivity contribution in [3.05, 3.63) is 71.8 Å². The number of carbonyl (C=O) groups excluding carboxylic acids is 2. The minimum atomic E-state index is -0.726. The molecule has 2 aliphatic heterocycles. The van der Waals surface area contributed by atoms with Crippen LogP contribution >= 0.6 is 0 Å². The summed E-state index contributed by atoms with van der Waals surface area (Å²) in [4.78, 5) is 30.4. The highest BCUT2D eigenvalue weighted by atomic mass is 16.6. The van der Waals surface area contributed by atoms with Crippen molar-refractivity contribution in [1.29, 1.82) is 0 Å². The third-order valence-electron chi connectivity index (χ3n) is 6.60. The van der Waals surface area contributed by atoms with Crippen LogP contribution in [0.25, 0.3) is 0 Å². The zero-order valence-electron chi connectivity index (χ0n) is 18.9. The summed E-state index contributed by atoms with van der Waals surface area (Å²) in [5.74, 6) is -0.539. The third kappa shape index (κ3) is 5.03. The van der Waals surface area contributed by atoms with Gasteiger partial charge in [-0.1, -0.05) is 60.7 Å². The van der Waals surface area contributed by atoms with Crippen molar-refractivity contribution in [2.75, 3.05) is 27.2 Å². The Labute approximate surface area is 190 Å². The lowest BCUT2D eigenvalue weighted by Crippen LogP contribution is -2.38. The molecule has 0 spiro atoms. The van der Waals surface area contributed by atoms with Crippen LogP contribution < -0.4 is 0 Å². The number of benzene rings is 2. The number of esters is 2. The average Bonchev–Trinajstić information content (AvgIpc) is 3.45. The van der Waals surface area contributed by atoms with E-state index in [1.807, 2.05) is 84.6 Å². The van der Waals surface area contributed by atoms with Crippen molar-refractivity contribution < 1.29 is 19.1 Å². The number of hydrogen-bond acceptors (Lipinski definition) is 6. The van der Waals surface area contributed by atoms with Crippen molar-refractivity contribution in [2.24, 2.45) is 0 Å². The Bertz CT molecular complexity index is 829. The summed E-state index contributed by atoms with van der Waals surface area (Å²) in [5.41, 5.74) is 1.62. The third-order valence-corrected chi connectivity index (χ3v) is 6.60. The molecule has 2 heterocycles. The maximum absolute atomic E-state index is 13.2. The number of rotatable bonds is 7. The van der Waals surface area contributed by atoms with Gasteiger partial charge in [0.05, 0.1) is 0 Å². The molecule has 2 aromatic rings. The summed E-state index contributed by atoms with van der Waals surface area (Å²) in [6.07, 6.45) is 2.04. The summed E-state index contributed by atoms with van der Waals surface area (Å²) >= 11 is 0. The van der Waals surface area contributed by atoms with Crippen molar-refractivity contribution in [2.45, 2.75) is 50.0 Å². The first-order valence-corrected chi connectivity index (χ1v) is 11.5. The van der Waals surface area contributed by atoms with Crippen LogP contribution in [0.5, 0.6) is 0 Å². The smallest absolute Gasteiger partial charge is 0.324 e. The van der Waals surface area contributed by atoms with E-state index in [2.05, 4.69) is 0 Å².